The van der Waals surface area contributed by atoms with Crippen molar-refractivity contribution in [3.05, 3.63) is 47.7 Å². The summed E-state index contributed by atoms with van der Waals surface area (Å²) in [6, 6.07) is 9.34. The van der Waals surface area contributed by atoms with E-state index in [-0.39, 0.29) is 23.6 Å². The fourth-order valence-corrected chi connectivity index (χ4v) is 4.43. The third-order valence-corrected chi connectivity index (χ3v) is 6.53. The number of esters is 1. The molecule has 0 spiro atoms. The Bertz CT molecular complexity index is 1220. The maximum atomic E-state index is 12.6. The van der Waals surface area contributed by atoms with Crippen LogP contribution < -0.4 is 14.5 Å². The summed E-state index contributed by atoms with van der Waals surface area (Å²) in [7, 11) is 1.27. The molecule has 0 saturated carbocycles. The van der Waals surface area contributed by atoms with Crippen LogP contribution in [0.25, 0.3) is 0 Å². The largest absolute Gasteiger partial charge is 0.457 e. The van der Waals surface area contributed by atoms with E-state index in [4.69, 9.17) is 4.74 Å². The maximum Gasteiger partial charge on any atom is 0.307 e. The zero-order valence-corrected chi connectivity index (χ0v) is 19.5. The minimum Gasteiger partial charge on any atom is -0.457 e. The molecule has 0 fully saturated rings. The molecule has 2 heterocycles. The first-order chi connectivity index (χ1) is 15.6. The lowest BCUT2D eigenvalue weighted by Crippen LogP contribution is -2.29. The Labute approximate surface area is 191 Å². The van der Waals surface area contributed by atoms with Gasteiger partial charge in [0.2, 0.25) is 5.78 Å². The number of nitrogens with zero attached hydrogens (tertiary/aromatic N) is 5. The van der Waals surface area contributed by atoms with E-state index < -0.39 is 28.4 Å². The number of carbonyl (C=O) groups is 2. The van der Waals surface area contributed by atoms with Crippen LogP contribution >= 0.6 is 0 Å². The summed E-state index contributed by atoms with van der Waals surface area (Å²) in [6.07, 6.45) is 1.07. The molecule has 11 nitrogen and oxygen atoms in total. The molecule has 0 atom stereocenters. The SMILES string of the molecule is Cc1nc(S(=O)(=O)NCCC(=O)OCC(=O)C(C#N)=C2N(C)c3ccccc3N2C)cn1C. The summed E-state index contributed by atoms with van der Waals surface area (Å²) in [6.45, 7) is 0.811. The minimum atomic E-state index is -3.87. The zero-order valence-electron chi connectivity index (χ0n) is 18.7. The molecule has 0 amide bonds. The van der Waals surface area contributed by atoms with Crippen molar-refractivity contribution in [2.75, 3.05) is 37.0 Å². The van der Waals surface area contributed by atoms with Crippen molar-refractivity contribution in [1.82, 2.24) is 14.3 Å². The van der Waals surface area contributed by atoms with Crippen molar-refractivity contribution in [2.24, 2.45) is 7.05 Å². The molecular formula is C21H24N6O5S. The van der Waals surface area contributed by atoms with Gasteiger partial charge >= 0.3 is 5.97 Å². The van der Waals surface area contributed by atoms with E-state index in [0.29, 0.717) is 11.6 Å². The molecule has 1 N–H and O–H groups in total. The predicted molar refractivity (Wildman–Crippen MR) is 120 cm³/mol. The number of hydrogen-bond acceptors (Lipinski definition) is 9. The van der Waals surface area contributed by atoms with Crippen LogP contribution in [0, 0.1) is 18.3 Å². The van der Waals surface area contributed by atoms with E-state index in [1.165, 1.54) is 6.20 Å². The Kier molecular flexibility index (Phi) is 6.85. The highest BCUT2D eigenvalue weighted by molar-refractivity contribution is 7.89. The van der Waals surface area contributed by atoms with E-state index in [9.17, 15) is 23.3 Å². The summed E-state index contributed by atoms with van der Waals surface area (Å²) in [5.74, 6) is -0.519. The van der Waals surface area contributed by atoms with E-state index in [2.05, 4.69) is 9.71 Å². The zero-order chi connectivity index (χ0) is 24.3. The van der Waals surface area contributed by atoms with Gasteiger partial charge in [0.1, 0.15) is 23.3 Å². The molecule has 174 valence electrons. The normalized spacial score (nSPS) is 13.0. The molecule has 0 unspecified atom stereocenters. The second-order valence-electron chi connectivity index (χ2n) is 7.39. The van der Waals surface area contributed by atoms with Gasteiger partial charge in [0.25, 0.3) is 10.0 Å². The summed E-state index contributed by atoms with van der Waals surface area (Å²) >= 11 is 0. The standard InChI is InChI=1S/C21H24N6O5S/c1-14-24-19(12-25(14)2)33(30,31)23-10-9-20(29)32-13-18(28)15(11-22)21-26(3)16-7-5-6-8-17(16)27(21)4/h5-8,12,23H,9-10,13H2,1-4H3. The highest BCUT2D eigenvalue weighted by atomic mass is 32.2. The lowest BCUT2D eigenvalue weighted by atomic mass is 10.2. The maximum absolute atomic E-state index is 12.6. The number of anilines is 2. The first-order valence-corrected chi connectivity index (χ1v) is 11.4. The van der Waals surface area contributed by atoms with Crippen LogP contribution in [0.5, 0.6) is 0 Å². The van der Waals surface area contributed by atoms with Gasteiger partial charge in [-0.25, -0.2) is 18.1 Å². The third-order valence-electron chi connectivity index (χ3n) is 5.20. The van der Waals surface area contributed by atoms with Crippen molar-refractivity contribution in [3.8, 4) is 6.07 Å². The summed E-state index contributed by atoms with van der Waals surface area (Å²) in [4.78, 5) is 32.0. The van der Waals surface area contributed by atoms with Gasteiger partial charge < -0.3 is 19.1 Å². The number of ether oxygens (including phenoxy) is 1. The van der Waals surface area contributed by atoms with Gasteiger partial charge in [0.15, 0.2) is 11.6 Å². The first kappa shape index (κ1) is 24.0. The number of Topliss-reactive ketones (excluding diaryl/α,β-unsaturated/α-hetero) is 1. The number of aryl methyl sites for hydroxylation is 2. The highest BCUT2D eigenvalue weighted by Crippen LogP contribution is 2.40. The predicted octanol–water partition coefficient (Wildman–Crippen LogP) is 0.831. The van der Waals surface area contributed by atoms with Crippen molar-refractivity contribution in [1.29, 1.82) is 5.26 Å². The number of ketones is 1. The van der Waals surface area contributed by atoms with E-state index in [1.54, 1.807) is 42.4 Å². The third kappa shape index (κ3) is 4.89. The van der Waals surface area contributed by atoms with E-state index >= 15 is 0 Å². The van der Waals surface area contributed by atoms with Crippen molar-refractivity contribution < 1.29 is 22.7 Å². The van der Waals surface area contributed by atoms with Gasteiger partial charge in [0, 0.05) is 33.9 Å². The molecule has 0 bridgehead atoms. The Morgan fingerprint density at radius 2 is 1.76 bits per heavy atom. The van der Waals surface area contributed by atoms with Gasteiger partial charge in [-0.2, -0.15) is 5.26 Å². The second-order valence-corrected chi connectivity index (χ2v) is 9.10. The van der Waals surface area contributed by atoms with Gasteiger partial charge in [-0.3, -0.25) is 9.59 Å². The lowest BCUT2D eigenvalue weighted by molar-refractivity contribution is -0.146. The molecule has 1 aliphatic rings. The van der Waals surface area contributed by atoms with Crippen LogP contribution in [0.2, 0.25) is 0 Å². The number of carbonyl (C=O) groups excluding carboxylic acids is 2. The Balaban J connectivity index is 1.57. The number of aromatic nitrogens is 2. The van der Waals surface area contributed by atoms with Gasteiger partial charge in [-0.1, -0.05) is 12.1 Å². The molecular weight excluding hydrogens is 448 g/mol. The Morgan fingerprint density at radius 3 is 2.27 bits per heavy atom. The number of para-hydroxylation sites is 2. The second kappa shape index (κ2) is 9.43. The van der Waals surface area contributed by atoms with Crippen LogP contribution in [0.4, 0.5) is 11.4 Å². The summed E-state index contributed by atoms with van der Waals surface area (Å²) < 4.78 is 33.3. The van der Waals surface area contributed by atoms with Crippen LogP contribution in [0.15, 0.2) is 46.9 Å². The fraction of sp³-hybridized carbons (Fsp3) is 0.333. The molecule has 0 saturated heterocycles. The van der Waals surface area contributed by atoms with Crippen LogP contribution in [-0.2, 0) is 31.4 Å². The van der Waals surface area contributed by atoms with Gasteiger partial charge in [0.05, 0.1) is 17.8 Å². The Morgan fingerprint density at radius 1 is 1.15 bits per heavy atom. The number of hydrogen-bond donors (Lipinski definition) is 1. The number of benzene rings is 1. The van der Waals surface area contributed by atoms with Gasteiger partial charge in [-0.05, 0) is 19.1 Å². The smallest absolute Gasteiger partial charge is 0.307 e. The molecule has 1 aromatic carbocycles. The highest BCUT2D eigenvalue weighted by Gasteiger charge is 2.31. The summed E-state index contributed by atoms with van der Waals surface area (Å²) in [5, 5.41) is 9.44. The van der Waals surface area contributed by atoms with Crippen molar-refractivity contribution >= 4 is 33.2 Å². The number of fused-ring (bicyclic) bond motifs is 1. The number of imidazole rings is 1. The number of rotatable bonds is 8. The summed E-state index contributed by atoms with van der Waals surface area (Å²) in [5.41, 5.74) is 1.53. The van der Waals surface area contributed by atoms with Gasteiger partial charge in [-0.15, -0.1) is 0 Å². The topological polar surface area (TPSA) is 138 Å². The molecule has 2 aromatic rings. The van der Waals surface area contributed by atoms with Crippen molar-refractivity contribution in [3.63, 3.8) is 0 Å². The fourth-order valence-electron chi connectivity index (χ4n) is 3.36. The number of nitriles is 1. The molecule has 0 aliphatic carbocycles. The first-order valence-electron chi connectivity index (χ1n) is 9.96. The van der Waals surface area contributed by atoms with Crippen LogP contribution in [-0.4, -0.2) is 57.0 Å². The molecule has 3 rings (SSSR count). The molecule has 1 aromatic heterocycles. The van der Waals surface area contributed by atoms with Crippen molar-refractivity contribution in [2.45, 2.75) is 18.4 Å². The Hall–Kier alpha value is -3.69. The molecule has 1 aliphatic heterocycles. The minimum absolute atomic E-state index is 0.143. The van der Waals surface area contributed by atoms with E-state index in [0.717, 1.165) is 11.4 Å². The molecule has 12 heteroatoms. The van der Waals surface area contributed by atoms with E-state index in [1.807, 2.05) is 30.3 Å². The number of sulfonamides is 1. The molecule has 0 radical (unpaired) electrons. The lowest BCUT2D eigenvalue weighted by Gasteiger charge is -2.19. The quantitative estimate of drug-likeness (QED) is 0.336. The average molecular weight is 473 g/mol. The van der Waals surface area contributed by atoms with Crippen LogP contribution in [0.3, 0.4) is 0 Å². The average Bonchev–Trinajstić information content (AvgIpc) is 3.25. The number of nitrogens with one attached hydrogen (secondary N) is 1. The molecule has 33 heavy (non-hydrogen) atoms. The van der Waals surface area contributed by atoms with Crippen LogP contribution in [0.1, 0.15) is 12.2 Å². The monoisotopic (exact) mass is 472 g/mol.